The molecular weight excluding hydrogens is 529 g/mol. The van der Waals surface area contributed by atoms with Crippen LogP contribution in [0.3, 0.4) is 0 Å². The summed E-state index contributed by atoms with van der Waals surface area (Å²) in [7, 11) is -8.85. The predicted octanol–water partition coefficient (Wildman–Crippen LogP) is 2.54. The van der Waals surface area contributed by atoms with Crippen molar-refractivity contribution in [1.82, 2.24) is 0 Å². The van der Waals surface area contributed by atoms with E-state index < -0.39 is 15.4 Å². The number of phosphoric acid groups is 1. The molecule has 0 aromatic heterocycles. The van der Waals surface area contributed by atoms with Crippen molar-refractivity contribution in [3.05, 3.63) is 11.5 Å². The summed E-state index contributed by atoms with van der Waals surface area (Å²) in [5, 5.41) is 0. The fourth-order valence-electron chi connectivity index (χ4n) is 1.33. The second kappa shape index (κ2) is 13.1. The average Bonchev–Trinajstić information content (AvgIpc) is 2.04. The van der Waals surface area contributed by atoms with Crippen LogP contribution in [0.25, 0.3) is 11.5 Å². The molecule has 1 fully saturated rings. The standard InChI is InChI=1S/C6H12N2.CH6O6P2.Pt.2H2S/c7-5-3-1-2-4-6(5)8;1-8(2,3)7-9(4,5)6;;;/h5-8H,1-4H2;1H3,(H,2,3)(H2,4,5,6);;2*1H2/q-2;;+2;;/t5-,6-;;;;/m0..../s1. The third kappa shape index (κ3) is 19.6. The zero-order valence-electron chi connectivity index (χ0n) is 10.8. The van der Waals surface area contributed by atoms with Gasteiger partial charge in [-0.1, -0.05) is 25.7 Å². The molecule has 5 N–H and O–H groups in total. The molecule has 3 atom stereocenters. The second-order valence-corrected chi connectivity index (χ2v) is 7.11. The molecule has 0 aromatic rings. The smallest absolute Gasteiger partial charge is 0.676 e. The van der Waals surface area contributed by atoms with Crippen molar-refractivity contribution in [1.29, 1.82) is 0 Å². The van der Waals surface area contributed by atoms with Crippen LogP contribution in [-0.4, -0.2) is 33.4 Å². The Balaban J connectivity index is -0.000000112. The minimum Gasteiger partial charge on any atom is -0.676 e. The van der Waals surface area contributed by atoms with Gasteiger partial charge in [0, 0.05) is 6.66 Å². The number of nitrogens with one attached hydrogen (secondary N) is 2. The largest absolute Gasteiger partial charge is 2.00 e. The van der Waals surface area contributed by atoms with E-state index in [0.717, 1.165) is 12.8 Å². The topological polar surface area (TPSA) is 152 Å². The number of hydrogen-bond acceptors (Lipinski definition) is 3. The van der Waals surface area contributed by atoms with E-state index in [1.807, 2.05) is 0 Å². The summed E-state index contributed by atoms with van der Waals surface area (Å²) in [6.07, 6.45) is 4.25. The van der Waals surface area contributed by atoms with Crippen LogP contribution >= 0.6 is 42.4 Å². The van der Waals surface area contributed by atoms with Gasteiger partial charge < -0.3 is 26.1 Å². The van der Waals surface area contributed by atoms with Crippen LogP contribution in [0.5, 0.6) is 0 Å². The molecule has 0 saturated heterocycles. The van der Waals surface area contributed by atoms with Crippen LogP contribution < -0.4 is 0 Å². The molecule has 0 amide bonds. The van der Waals surface area contributed by atoms with Crippen molar-refractivity contribution >= 4 is 42.4 Å². The number of rotatable bonds is 2. The molecule has 8 nitrogen and oxygen atoms in total. The molecule has 0 radical (unpaired) electrons. The van der Waals surface area contributed by atoms with E-state index in [9.17, 15) is 9.13 Å². The first-order valence-corrected chi connectivity index (χ1v) is 8.56. The molecule has 1 aliphatic carbocycles. The monoisotopic (exact) mass is 551 g/mol. The maximum absolute atomic E-state index is 10.1. The van der Waals surface area contributed by atoms with Crippen molar-refractivity contribution in [2.75, 3.05) is 6.66 Å². The van der Waals surface area contributed by atoms with Crippen molar-refractivity contribution in [3.63, 3.8) is 0 Å². The van der Waals surface area contributed by atoms with Crippen LogP contribution in [0.4, 0.5) is 0 Å². The van der Waals surface area contributed by atoms with Gasteiger partial charge in [0.25, 0.3) is 0 Å². The summed E-state index contributed by atoms with van der Waals surface area (Å²) in [6, 6.07) is -0.160. The average molecular weight is 551 g/mol. The van der Waals surface area contributed by atoms with E-state index in [1.165, 1.54) is 12.8 Å². The molecule has 1 unspecified atom stereocenters. The molecule has 1 saturated carbocycles. The normalized spacial score (nSPS) is 24.5. The minimum atomic E-state index is -4.80. The summed E-state index contributed by atoms with van der Waals surface area (Å²) in [4.78, 5) is 24.0. The van der Waals surface area contributed by atoms with E-state index in [2.05, 4.69) is 4.31 Å². The van der Waals surface area contributed by atoms with Crippen LogP contribution in [0, 0.1) is 0 Å². The Morgan fingerprint density at radius 1 is 1.00 bits per heavy atom. The van der Waals surface area contributed by atoms with Crippen LogP contribution in [0.15, 0.2) is 0 Å². The molecule has 0 aliphatic heterocycles. The SMILES string of the molecule is CP(=O)(O)OP(=O)(O)O.S.S.[NH-][C@H]1CCCC[C@@H]1[NH-].[Pt+2]. The summed E-state index contributed by atoms with van der Waals surface area (Å²) in [5.74, 6) is 0. The molecule has 0 bridgehead atoms. The quantitative estimate of drug-likeness (QED) is 0.449. The minimum absolute atomic E-state index is 0. The molecule has 0 heterocycles. The van der Waals surface area contributed by atoms with E-state index in [-0.39, 0.29) is 60.1 Å². The van der Waals surface area contributed by atoms with Crippen LogP contribution in [0.1, 0.15) is 25.7 Å². The Bertz CT molecular complexity index is 298. The van der Waals surface area contributed by atoms with E-state index >= 15 is 0 Å². The van der Waals surface area contributed by atoms with Gasteiger partial charge in [0.15, 0.2) is 0 Å². The van der Waals surface area contributed by atoms with Gasteiger partial charge in [0.1, 0.15) is 0 Å². The zero-order chi connectivity index (χ0) is 13.7. The maximum Gasteiger partial charge on any atom is 2.00 e. The zero-order valence-corrected chi connectivity index (χ0v) is 16.8. The first-order chi connectivity index (χ1) is 7.51. The Kier molecular flexibility index (Phi) is 19.4. The molecule has 0 spiro atoms. The molecule has 13 heteroatoms. The van der Waals surface area contributed by atoms with Crippen molar-refractivity contribution in [2.45, 2.75) is 37.8 Å². The van der Waals surface area contributed by atoms with Gasteiger partial charge in [-0.3, -0.25) is 4.57 Å². The van der Waals surface area contributed by atoms with Gasteiger partial charge in [-0.05, 0) is 0 Å². The van der Waals surface area contributed by atoms with Crippen molar-refractivity contribution in [3.8, 4) is 0 Å². The first-order valence-electron chi connectivity index (χ1n) is 5.00. The molecular formula is C7H22N2O6P2PtS2. The maximum atomic E-state index is 10.1. The van der Waals surface area contributed by atoms with E-state index in [4.69, 9.17) is 26.1 Å². The molecule has 1 rings (SSSR count). The third-order valence-corrected chi connectivity index (χ3v) is 4.09. The Morgan fingerprint density at radius 2 is 1.30 bits per heavy atom. The molecule has 1 aliphatic rings. The van der Waals surface area contributed by atoms with Crippen molar-refractivity contribution in [2.24, 2.45) is 0 Å². The van der Waals surface area contributed by atoms with Crippen LogP contribution in [-0.2, 0) is 34.5 Å². The summed E-state index contributed by atoms with van der Waals surface area (Å²) in [5.41, 5.74) is 14.6. The Labute approximate surface area is 147 Å². The Hall–Kier alpha value is 1.61. The summed E-state index contributed by atoms with van der Waals surface area (Å²) < 4.78 is 23.3. The van der Waals surface area contributed by atoms with Gasteiger partial charge in [-0.15, -0.1) is 0 Å². The van der Waals surface area contributed by atoms with Crippen molar-refractivity contribution < 1.29 is 49.2 Å². The van der Waals surface area contributed by atoms with Gasteiger partial charge >= 0.3 is 36.5 Å². The molecule has 0 aromatic carbocycles. The molecule has 128 valence electrons. The second-order valence-electron chi connectivity index (χ2n) is 3.87. The van der Waals surface area contributed by atoms with E-state index in [0.29, 0.717) is 6.66 Å². The fraction of sp³-hybridized carbons (Fsp3) is 1.00. The van der Waals surface area contributed by atoms with E-state index in [1.54, 1.807) is 0 Å². The summed E-state index contributed by atoms with van der Waals surface area (Å²) >= 11 is 0. The van der Waals surface area contributed by atoms with Gasteiger partial charge in [0.2, 0.25) is 0 Å². The number of hydrogen-bond donors (Lipinski definition) is 3. The summed E-state index contributed by atoms with van der Waals surface area (Å²) in [6.45, 7) is 0.687. The molecule has 20 heavy (non-hydrogen) atoms. The van der Waals surface area contributed by atoms with Crippen LogP contribution in [0.2, 0.25) is 0 Å². The third-order valence-electron chi connectivity index (χ3n) is 2.02. The Morgan fingerprint density at radius 3 is 1.40 bits per heavy atom. The first kappa shape index (κ1) is 29.6. The van der Waals surface area contributed by atoms with Gasteiger partial charge in [-0.2, -0.15) is 39.1 Å². The van der Waals surface area contributed by atoms with Gasteiger partial charge in [0.05, 0.1) is 0 Å². The fourth-order valence-corrected chi connectivity index (χ4v) is 2.91. The predicted molar refractivity (Wildman–Crippen MR) is 84.3 cm³/mol. The van der Waals surface area contributed by atoms with Gasteiger partial charge in [-0.25, -0.2) is 8.88 Å².